The quantitative estimate of drug-likeness (QED) is 0.0424. The minimum absolute atomic E-state index is 0.304. The average molecular weight is 625 g/mol. The second-order valence-corrected chi connectivity index (χ2v) is 11.7. The van der Waals surface area contributed by atoms with Gasteiger partial charge in [0.25, 0.3) is 10.4 Å². The summed E-state index contributed by atoms with van der Waals surface area (Å²) in [5.74, 6) is 1.71. The zero-order valence-corrected chi connectivity index (χ0v) is 25.7. The van der Waals surface area contributed by atoms with Crippen molar-refractivity contribution in [1.29, 1.82) is 0 Å². The first-order chi connectivity index (χ1) is 21.2. The summed E-state index contributed by atoms with van der Waals surface area (Å²) < 4.78 is 21.7. The lowest BCUT2D eigenvalue weighted by Crippen LogP contribution is -2.15. The Labute approximate surface area is 259 Å². The van der Waals surface area contributed by atoms with E-state index in [-0.39, 0.29) is 6.42 Å². The van der Waals surface area contributed by atoms with Crippen molar-refractivity contribution in [2.24, 2.45) is 0 Å². The summed E-state index contributed by atoms with van der Waals surface area (Å²) in [5.41, 5.74) is 1.81. The predicted molar refractivity (Wildman–Crippen MR) is 164 cm³/mol. The Bertz CT molecular complexity index is 1260. The minimum Gasteiger partial charge on any atom is -0.465 e. The van der Waals surface area contributed by atoms with Crippen molar-refractivity contribution in [3.8, 4) is 22.9 Å². The van der Waals surface area contributed by atoms with Crippen LogP contribution in [0.5, 0.6) is 0 Å². The third-order valence-electron chi connectivity index (χ3n) is 6.20. The number of carbonyl (C=O) groups is 2. The van der Waals surface area contributed by atoms with Crippen molar-refractivity contribution < 1.29 is 27.9 Å². The largest absolute Gasteiger partial charge is 0.465 e. The van der Waals surface area contributed by atoms with Crippen molar-refractivity contribution in [3.05, 3.63) is 60.7 Å². The first-order valence-electron chi connectivity index (χ1n) is 14.5. The van der Waals surface area contributed by atoms with Gasteiger partial charge in [-0.15, -0.1) is 20.4 Å². The van der Waals surface area contributed by atoms with Gasteiger partial charge in [-0.3, -0.25) is 9.59 Å². The molecule has 0 N–H and O–H groups in total. The summed E-state index contributed by atoms with van der Waals surface area (Å²) in [4.78, 5) is 23.8. The highest BCUT2D eigenvalue weighted by atomic mass is 32.2. The molecule has 2 aromatic carbocycles. The molecule has 12 heteroatoms. The highest BCUT2D eigenvalue weighted by Crippen LogP contribution is 2.25. The maximum Gasteiger partial charge on any atom is 0.317 e. The van der Waals surface area contributed by atoms with Crippen LogP contribution in [0, 0.1) is 0 Å². The van der Waals surface area contributed by atoms with Gasteiger partial charge < -0.3 is 18.3 Å². The van der Waals surface area contributed by atoms with Gasteiger partial charge in [-0.1, -0.05) is 85.6 Å². The van der Waals surface area contributed by atoms with Crippen molar-refractivity contribution in [3.63, 3.8) is 0 Å². The van der Waals surface area contributed by atoms with E-state index in [1.807, 2.05) is 60.7 Å². The Balaban J connectivity index is 0.918. The van der Waals surface area contributed by atoms with Crippen molar-refractivity contribution in [2.75, 3.05) is 24.7 Å². The highest BCUT2D eigenvalue weighted by Gasteiger charge is 2.12. The molecular formula is C31H36N4O6S2. The normalized spacial score (nSPS) is 11.0. The van der Waals surface area contributed by atoms with E-state index < -0.39 is 11.9 Å². The van der Waals surface area contributed by atoms with Crippen LogP contribution in [0.2, 0.25) is 0 Å². The van der Waals surface area contributed by atoms with Crippen LogP contribution < -0.4 is 0 Å². The molecule has 10 nitrogen and oxygen atoms in total. The molecule has 0 unspecified atom stereocenters. The van der Waals surface area contributed by atoms with Gasteiger partial charge in [-0.25, -0.2) is 0 Å². The van der Waals surface area contributed by atoms with Crippen LogP contribution in [0.4, 0.5) is 0 Å². The SMILES string of the molecule is O=C(CC(=O)OCCCCCCSc1nnc(-c2ccccc2)o1)OCCCCCCSc1nnc(-c2ccccc2)o1. The number of ether oxygens (including phenoxy) is 2. The summed E-state index contributed by atoms with van der Waals surface area (Å²) in [5, 5.41) is 17.5. The third kappa shape index (κ3) is 12.2. The number of aromatic nitrogens is 4. The van der Waals surface area contributed by atoms with Gasteiger partial charge in [0.1, 0.15) is 6.42 Å². The molecule has 0 bridgehead atoms. The van der Waals surface area contributed by atoms with Crippen LogP contribution in [0.3, 0.4) is 0 Å². The Morgan fingerprint density at radius 2 is 0.977 bits per heavy atom. The molecule has 0 saturated heterocycles. The van der Waals surface area contributed by atoms with E-state index in [2.05, 4.69) is 20.4 Å². The lowest BCUT2D eigenvalue weighted by atomic mass is 10.2. The third-order valence-corrected chi connectivity index (χ3v) is 8.01. The molecule has 2 heterocycles. The van der Waals surface area contributed by atoms with Gasteiger partial charge >= 0.3 is 11.9 Å². The van der Waals surface area contributed by atoms with E-state index in [4.69, 9.17) is 18.3 Å². The van der Waals surface area contributed by atoms with Gasteiger partial charge in [0.2, 0.25) is 11.8 Å². The summed E-state index contributed by atoms with van der Waals surface area (Å²) in [6.07, 6.45) is 6.99. The Kier molecular flexibility index (Phi) is 14.1. The molecule has 0 saturated carbocycles. The Morgan fingerprint density at radius 1 is 0.558 bits per heavy atom. The van der Waals surface area contributed by atoms with Gasteiger partial charge in [0, 0.05) is 22.6 Å². The summed E-state index contributed by atoms with van der Waals surface area (Å²) in [6, 6.07) is 19.4. The number of hydrogen-bond acceptors (Lipinski definition) is 12. The monoisotopic (exact) mass is 624 g/mol. The Hall–Kier alpha value is -3.64. The van der Waals surface area contributed by atoms with Crippen LogP contribution in [0.15, 0.2) is 79.9 Å². The number of unbranched alkanes of at least 4 members (excludes halogenated alkanes) is 6. The minimum atomic E-state index is -0.542. The second-order valence-electron chi connectivity index (χ2n) is 9.62. The molecule has 228 valence electrons. The van der Waals surface area contributed by atoms with Crippen molar-refractivity contribution in [2.45, 2.75) is 68.2 Å². The molecule has 0 aliphatic heterocycles. The lowest BCUT2D eigenvalue weighted by Gasteiger charge is -2.06. The lowest BCUT2D eigenvalue weighted by molar-refractivity contribution is -0.154. The molecule has 0 radical (unpaired) electrons. The van der Waals surface area contributed by atoms with E-state index in [9.17, 15) is 9.59 Å². The molecule has 0 atom stereocenters. The number of hydrogen-bond donors (Lipinski definition) is 0. The zero-order valence-electron chi connectivity index (χ0n) is 24.0. The molecule has 4 aromatic rings. The molecule has 0 amide bonds. The molecule has 4 rings (SSSR count). The van der Waals surface area contributed by atoms with Gasteiger partial charge in [0.05, 0.1) is 13.2 Å². The fraction of sp³-hybridized carbons (Fsp3) is 0.419. The summed E-state index contributed by atoms with van der Waals surface area (Å²) in [7, 11) is 0. The number of esters is 2. The number of nitrogens with zero attached hydrogens (tertiary/aromatic N) is 4. The van der Waals surface area contributed by atoms with Gasteiger partial charge in [-0.2, -0.15) is 0 Å². The van der Waals surface area contributed by atoms with E-state index in [0.717, 1.165) is 74.0 Å². The van der Waals surface area contributed by atoms with E-state index in [1.165, 1.54) is 23.5 Å². The zero-order chi connectivity index (χ0) is 30.0. The first-order valence-corrected chi connectivity index (χ1v) is 16.5. The van der Waals surface area contributed by atoms with Crippen LogP contribution in [0.25, 0.3) is 22.9 Å². The Morgan fingerprint density at radius 3 is 1.42 bits per heavy atom. The fourth-order valence-corrected chi connectivity index (χ4v) is 5.48. The molecule has 0 aliphatic carbocycles. The molecule has 43 heavy (non-hydrogen) atoms. The van der Waals surface area contributed by atoms with Gasteiger partial charge in [0.15, 0.2) is 0 Å². The van der Waals surface area contributed by atoms with Crippen LogP contribution >= 0.6 is 23.5 Å². The van der Waals surface area contributed by atoms with E-state index >= 15 is 0 Å². The van der Waals surface area contributed by atoms with Crippen LogP contribution in [-0.2, 0) is 19.1 Å². The van der Waals surface area contributed by atoms with Crippen LogP contribution in [-0.4, -0.2) is 57.1 Å². The summed E-state index contributed by atoms with van der Waals surface area (Å²) >= 11 is 3.07. The van der Waals surface area contributed by atoms with E-state index in [0.29, 0.717) is 35.4 Å². The number of carbonyl (C=O) groups excluding carboxylic acids is 2. The van der Waals surface area contributed by atoms with Gasteiger partial charge in [-0.05, 0) is 49.9 Å². The van der Waals surface area contributed by atoms with Crippen LogP contribution in [0.1, 0.15) is 57.8 Å². The molecular weight excluding hydrogens is 588 g/mol. The topological polar surface area (TPSA) is 130 Å². The second kappa shape index (κ2) is 18.8. The number of benzene rings is 2. The molecule has 2 aromatic heterocycles. The van der Waals surface area contributed by atoms with Crippen molar-refractivity contribution >= 4 is 35.5 Å². The average Bonchev–Trinajstić information content (AvgIpc) is 3.71. The number of rotatable bonds is 20. The highest BCUT2D eigenvalue weighted by molar-refractivity contribution is 7.99. The summed E-state index contributed by atoms with van der Waals surface area (Å²) in [6.45, 7) is 0.608. The van der Waals surface area contributed by atoms with E-state index in [1.54, 1.807) is 0 Å². The smallest absolute Gasteiger partial charge is 0.317 e. The maximum atomic E-state index is 11.9. The standard InChI is InChI=1S/C31H36N4O6S2/c36-26(38-19-11-1-3-13-21-42-30-34-32-28(40-30)24-15-7-5-8-16-24)23-27(37)39-20-12-2-4-14-22-43-31-35-33-29(41-31)25-17-9-6-10-18-25/h5-10,15-18H,1-4,11-14,19-23H2. The molecule has 0 spiro atoms. The fourth-order valence-electron chi connectivity index (χ4n) is 3.96. The first kappa shape index (κ1) is 32.3. The maximum absolute atomic E-state index is 11.9. The molecule has 0 fully saturated rings. The predicted octanol–water partition coefficient (Wildman–Crippen LogP) is 7.27. The molecule has 0 aliphatic rings. The number of thioether (sulfide) groups is 2. The van der Waals surface area contributed by atoms with Crippen molar-refractivity contribution in [1.82, 2.24) is 20.4 Å².